The van der Waals surface area contributed by atoms with E-state index in [1.54, 1.807) is 0 Å². The fourth-order valence-electron chi connectivity index (χ4n) is 4.69. The summed E-state index contributed by atoms with van der Waals surface area (Å²) in [6, 6.07) is 22.4. The zero-order chi connectivity index (χ0) is 27.9. The van der Waals surface area contributed by atoms with Crippen molar-refractivity contribution >= 4 is 28.7 Å². The van der Waals surface area contributed by atoms with Crippen molar-refractivity contribution in [3.8, 4) is 17.0 Å². The summed E-state index contributed by atoms with van der Waals surface area (Å²) in [7, 11) is 0. The van der Waals surface area contributed by atoms with E-state index in [0.29, 0.717) is 23.4 Å². The molecule has 0 saturated heterocycles. The lowest BCUT2D eigenvalue weighted by molar-refractivity contribution is 0.0696. The van der Waals surface area contributed by atoms with Crippen molar-refractivity contribution in [2.45, 2.75) is 65.6 Å². The number of rotatable bonds is 12. The average Bonchev–Trinajstić information content (AvgIpc) is 3.41. The molecule has 1 aromatic heterocycles. The van der Waals surface area contributed by atoms with E-state index in [1.165, 1.54) is 59.2 Å². The summed E-state index contributed by atoms with van der Waals surface area (Å²) in [5.41, 5.74) is 12.3. The fourth-order valence-corrected chi connectivity index (χ4v) is 5.40. The second-order valence-corrected chi connectivity index (χ2v) is 10.9. The Kier molecular flexibility index (Phi) is 9.25. The van der Waals surface area contributed by atoms with Gasteiger partial charge in [0.1, 0.15) is 17.4 Å². The van der Waals surface area contributed by atoms with Crippen LogP contribution < -0.4 is 15.4 Å². The number of thiazole rings is 1. The van der Waals surface area contributed by atoms with Crippen molar-refractivity contribution in [2.75, 3.05) is 10.6 Å². The first kappa shape index (κ1) is 28.2. The molecular formula is C32H37N3O3S. The number of nitrogen functional groups attached to an aromatic ring is 1. The maximum Gasteiger partial charge on any atom is 0.335 e. The molecule has 3 N–H and O–H groups in total. The van der Waals surface area contributed by atoms with Crippen molar-refractivity contribution < 1.29 is 14.6 Å². The predicted octanol–water partition coefficient (Wildman–Crippen LogP) is 7.99. The molecule has 7 heteroatoms. The zero-order valence-corrected chi connectivity index (χ0v) is 23.9. The molecule has 3 aromatic carbocycles. The monoisotopic (exact) mass is 543 g/mol. The van der Waals surface area contributed by atoms with Gasteiger partial charge in [0.2, 0.25) is 0 Å². The number of carboxylic acid groups (broad SMARTS) is 1. The number of carbonyl (C=O) groups is 1. The van der Waals surface area contributed by atoms with Crippen molar-refractivity contribution in [3.63, 3.8) is 0 Å². The van der Waals surface area contributed by atoms with E-state index >= 15 is 0 Å². The molecule has 4 rings (SSSR count). The number of aromatic nitrogens is 1. The summed E-state index contributed by atoms with van der Waals surface area (Å²) in [5, 5.41) is 12.0. The average molecular weight is 544 g/mol. The van der Waals surface area contributed by atoms with Crippen LogP contribution in [0, 0.1) is 0 Å². The van der Waals surface area contributed by atoms with E-state index in [9.17, 15) is 9.90 Å². The summed E-state index contributed by atoms with van der Waals surface area (Å²) in [6.45, 7) is 10.0. The Bertz CT molecular complexity index is 1380. The number of nitrogens with zero attached hydrogens (tertiary/aromatic N) is 2. The van der Waals surface area contributed by atoms with Gasteiger partial charge in [-0.3, -0.25) is 0 Å². The molecule has 204 valence electrons. The van der Waals surface area contributed by atoms with Crippen LogP contribution in [0.15, 0.2) is 72.1 Å². The molecule has 0 saturated carbocycles. The topological polar surface area (TPSA) is 88.7 Å². The van der Waals surface area contributed by atoms with Crippen LogP contribution in [-0.2, 0) is 13.2 Å². The minimum atomic E-state index is -1.02. The molecule has 0 atom stereocenters. The van der Waals surface area contributed by atoms with Crippen LogP contribution in [0.3, 0.4) is 0 Å². The molecule has 0 unspecified atom stereocenters. The smallest absolute Gasteiger partial charge is 0.335 e. The van der Waals surface area contributed by atoms with Gasteiger partial charge in [-0.15, -0.1) is 11.3 Å². The Balaban J connectivity index is 1.41. The van der Waals surface area contributed by atoms with Crippen LogP contribution in [0.4, 0.5) is 11.4 Å². The van der Waals surface area contributed by atoms with Crippen molar-refractivity contribution in [2.24, 2.45) is 0 Å². The Hall–Kier alpha value is -3.84. The summed E-state index contributed by atoms with van der Waals surface area (Å²) < 4.78 is 5.78. The van der Waals surface area contributed by atoms with Crippen molar-refractivity contribution in [1.82, 2.24) is 4.98 Å². The molecule has 0 fully saturated rings. The van der Waals surface area contributed by atoms with Gasteiger partial charge in [0.05, 0.1) is 16.9 Å². The number of hydrogen-bond donors (Lipinski definition) is 2. The SMILES string of the molecule is CCC(CC)c1ccc(N(Cc2ccc(-c3csc(COc4cc(C(=O)O)ccc4N)n3)cc2)C(C)C)cc1. The second kappa shape index (κ2) is 12.8. The van der Waals surface area contributed by atoms with Crippen molar-refractivity contribution in [3.05, 3.63) is 93.8 Å². The van der Waals surface area contributed by atoms with Crippen LogP contribution >= 0.6 is 11.3 Å². The normalized spacial score (nSPS) is 11.2. The number of anilines is 2. The second-order valence-electron chi connectivity index (χ2n) is 10.00. The highest BCUT2D eigenvalue weighted by molar-refractivity contribution is 7.09. The standard InChI is InChI=1S/C32H37N3O3S/c1-5-23(6-2)24-11-14-27(15-12-24)35(21(3)4)18-22-7-9-25(10-8-22)29-20-39-31(34-29)19-38-30-17-26(32(36)37)13-16-28(30)33/h7-17,20-21,23H,5-6,18-19,33H2,1-4H3,(H,36,37). The van der Waals surface area contributed by atoms with E-state index < -0.39 is 5.97 Å². The molecule has 1 heterocycles. The van der Waals surface area contributed by atoms with Crippen LogP contribution in [0.5, 0.6) is 5.75 Å². The lowest BCUT2D eigenvalue weighted by Gasteiger charge is -2.30. The van der Waals surface area contributed by atoms with Gasteiger partial charge >= 0.3 is 5.97 Å². The van der Waals surface area contributed by atoms with Gasteiger partial charge in [0, 0.05) is 29.2 Å². The number of carboxylic acids is 1. The maximum atomic E-state index is 11.2. The molecule has 0 aliphatic rings. The Labute approximate surface area is 235 Å². The number of nitrogens with two attached hydrogens (primary N) is 1. The molecule has 0 spiro atoms. The Morgan fingerprint density at radius 1 is 1.03 bits per heavy atom. The molecular weight excluding hydrogens is 506 g/mol. The third-order valence-corrected chi connectivity index (χ3v) is 7.89. The number of benzene rings is 3. The van der Waals surface area contributed by atoms with Crippen LogP contribution in [-0.4, -0.2) is 22.1 Å². The van der Waals surface area contributed by atoms with Gasteiger partial charge in [0.15, 0.2) is 0 Å². The van der Waals surface area contributed by atoms with E-state index in [1.807, 2.05) is 5.38 Å². The molecule has 0 amide bonds. The third kappa shape index (κ3) is 6.98. The first-order valence-electron chi connectivity index (χ1n) is 13.4. The maximum absolute atomic E-state index is 11.2. The highest BCUT2D eigenvalue weighted by atomic mass is 32.1. The zero-order valence-electron chi connectivity index (χ0n) is 23.1. The Morgan fingerprint density at radius 2 is 1.72 bits per heavy atom. The molecule has 0 radical (unpaired) electrons. The summed E-state index contributed by atoms with van der Waals surface area (Å²) in [4.78, 5) is 18.4. The van der Waals surface area contributed by atoms with Crippen LogP contribution in [0.2, 0.25) is 0 Å². The predicted molar refractivity (Wildman–Crippen MR) is 161 cm³/mol. The number of aromatic carboxylic acids is 1. The lowest BCUT2D eigenvalue weighted by Crippen LogP contribution is -2.30. The highest BCUT2D eigenvalue weighted by Crippen LogP contribution is 2.29. The third-order valence-electron chi connectivity index (χ3n) is 7.07. The Morgan fingerprint density at radius 3 is 2.33 bits per heavy atom. The molecule has 6 nitrogen and oxygen atoms in total. The summed E-state index contributed by atoms with van der Waals surface area (Å²) >= 11 is 1.50. The van der Waals surface area contributed by atoms with Crippen LogP contribution in [0.1, 0.15) is 72.9 Å². The van der Waals surface area contributed by atoms with Gasteiger partial charge in [-0.05, 0) is 74.1 Å². The first-order chi connectivity index (χ1) is 18.8. The number of ether oxygens (including phenoxy) is 1. The largest absolute Gasteiger partial charge is 0.484 e. The quantitative estimate of drug-likeness (QED) is 0.176. The van der Waals surface area contributed by atoms with Gasteiger partial charge in [-0.25, -0.2) is 9.78 Å². The van der Waals surface area contributed by atoms with Gasteiger partial charge in [-0.2, -0.15) is 0 Å². The molecule has 39 heavy (non-hydrogen) atoms. The number of hydrogen-bond acceptors (Lipinski definition) is 6. The van der Waals surface area contributed by atoms with Gasteiger partial charge in [-0.1, -0.05) is 50.2 Å². The fraction of sp³-hybridized carbons (Fsp3) is 0.312. The van der Waals surface area contributed by atoms with Crippen LogP contribution in [0.25, 0.3) is 11.3 Å². The minimum absolute atomic E-state index is 0.133. The highest BCUT2D eigenvalue weighted by Gasteiger charge is 2.14. The van der Waals surface area contributed by atoms with E-state index in [2.05, 4.69) is 81.1 Å². The molecule has 4 aromatic rings. The van der Waals surface area contributed by atoms with Crippen molar-refractivity contribution in [1.29, 1.82) is 0 Å². The molecule has 0 aliphatic carbocycles. The van der Waals surface area contributed by atoms with E-state index in [0.717, 1.165) is 22.8 Å². The summed E-state index contributed by atoms with van der Waals surface area (Å²) in [5.74, 6) is -0.0552. The molecule has 0 bridgehead atoms. The minimum Gasteiger partial charge on any atom is -0.484 e. The van der Waals surface area contributed by atoms with Gasteiger partial charge in [0.25, 0.3) is 0 Å². The summed E-state index contributed by atoms with van der Waals surface area (Å²) in [6.07, 6.45) is 2.33. The molecule has 0 aliphatic heterocycles. The van der Waals surface area contributed by atoms with E-state index in [4.69, 9.17) is 15.5 Å². The van der Waals surface area contributed by atoms with Gasteiger partial charge < -0.3 is 20.5 Å². The van der Waals surface area contributed by atoms with E-state index in [-0.39, 0.29) is 12.2 Å². The lowest BCUT2D eigenvalue weighted by atomic mass is 9.94. The first-order valence-corrected chi connectivity index (χ1v) is 14.3.